The summed E-state index contributed by atoms with van der Waals surface area (Å²) in [6.07, 6.45) is 1.18. The Morgan fingerprint density at radius 3 is 2.83 bits per heavy atom. The summed E-state index contributed by atoms with van der Waals surface area (Å²) in [6, 6.07) is 4.25. The van der Waals surface area contributed by atoms with E-state index in [0.717, 1.165) is 10.4 Å². The van der Waals surface area contributed by atoms with Crippen LogP contribution in [0.1, 0.15) is 25.0 Å². The van der Waals surface area contributed by atoms with E-state index in [4.69, 9.17) is 10.2 Å². The third-order valence-corrected chi connectivity index (χ3v) is 2.90. The van der Waals surface area contributed by atoms with Crippen molar-refractivity contribution in [1.82, 2.24) is 0 Å². The van der Waals surface area contributed by atoms with Gasteiger partial charge in [0, 0.05) is 12.0 Å². The molecule has 2 nitrogen and oxygen atoms in total. The lowest BCUT2D eigenvalue weighted by atomic mass is 10.2. The lowest BCUT2D eigenvalue weighted by Gasteiger charge is -2.00. The zero-order valence-corrected chi connectivity index (χ0v) is 8.54. The Morgan fingerprint density at radius 1 is 1.67 bits per heavy atom. The minimum Gasteiger partial charge on any atom is -0.454 e. The molecule has 2 rings (SSSR count). The van der Waals surface area contributed by atoms with E-state index in [2.05, 4.69) is 22.9 Å². The van der Waals surface area contributed by atoms with Crippen LogP contribution in [-0.4, -0.2) is 6.04 Å². The molecule has 1 aliphatic rings. The molecule has 3 unspecified atom stereocenters. The Bertz CT molecular complexity index is 282. The first kappa shape index (κ1) is 8.32. The van der Waals surface area contributed by atoms with Crippen molar-refractivity contribution >= 4 is 15.9 Å². The molecule has 3 atom stereocenters. The molecule has 0 bridgehead atoms. The molecule has 0 aromatic carbocycles. The predicted molar refractivity (Wildman–Crippen MR) is 50.9 cm³/mol. The van der Waals surface area contributed by atoms with Crippen molar-refractivity contribution in [3.05, 3.63) is 22.6 Å². The number of furan rings is 1. The first-order valence-corrected chi connectivity index (χ1v) is 4.98. The molecule has 1 saturated carbocycles. The van der Waals surface area contributed by atoms with E-state index < -0.39 is 0 Å². The van der Waals surface area contributed by atoms with Gasteiger partial charge in [0.1, 0.15) is 5.76 Å². The Kier molecular flexibility index (Phi) is 2.00. The van der Waals surface area contributed by atoms with Crippen LogP contribution in [0, 0.1) is 5.92 Å². The van der Waals surface area contributed by atoms with Crippen LogP contribution in [0.4, 0.5) is 0 Å². The molecular formula is C9H12BrNO. The first-order valence-electron chi connectivity index (χ1n) is 4.19. The van der Waals surface area contributed by atoms with Crippen molar-refractivity contribution in [1.29, 1.82) is 0 Å². The van der Waals surface area contributed by atoms with Crippen molar-refractivity contribution < 1.29 is 4.42 Å². The van der Waals surface area contributed by atoms with Gasteiger partial charge in [0.05, 0.1) is 0 Å². The van der Waals surface area contributed by atoms with Gasteiger partial charge in [-0.25, -0.2) is 0 Å². The van der Waals surface area contributed by atoms with Crippen molar-refractivity contribution in [3.63, 3.8) is 0 Å². The fourth-order valence-corrected chi connectivity index (χ4v) is 1.97. The molecule has 1 aliphatic carbocycles. The summed E-state index contributed by atoms with van der Waals surface area (Å²) in [5.41, 5.74) is 5.78. The van der Waals surface area contributed by atoms with Crippen LogP contribution in [0.2, 0.25) is 0 Å². The fraction of sp³-hybridized carbons (Fsp3) is 0.556. The lowest BCUT2D eigenvalue weighted by Crippen LogP contribution is -2.17. The maximum atomic E-state index is 5.78. The monoisotopic (exact) mass is 229 g/mol. The normalized spacial score (nSPS) is 30.2. The van der Waals surface area contributed by atoms with Crippen LogP contribution in [0.3, 0.4) is 0 Å². The van der Waals surface area contributed by atoms with E-state index in [0.29, 0.717) is 17.9 Å². The van der Waals surface area contributed by atoms with E-state index in [1.54, 1.807) is 0 Å². The van der Waals surface area contributed by atoms with E-state index in [1.807, 2.05) is 12.1 Å². The minimum atomic E-state index is 0.291. The highest BCUT2D eigenvalue weighted by Gasteiger charge is 2.42. The van der Waals surface area contributed by atoms with Crippen LogP contribution in [0.5, 0.6) is 0 Å². The summed E-state index contributed by atoms with van der Waals surface area (Å²) < 4.78 is 6.26. The molecule has 2 N–H and O–H groups in total. The van der Waals surface area contributed by atoms with Crippen LogP contribution < -0.4 is 5.73 Å². The van der Waals surface area contributed by atoms with Crippen LogP contribution >= 0.6 is 15.9 Å². The van der Waals surface area contributed by atoms with Gasteiger partial charge in [-0.05, 0) is 47.3 Å². The molecule has 1 aromatic heterocycles. The topological polar surface area (TPSA) is 39.2 Å². The van der Waals surface area contributed by atoms with Gasteiger partial charge in [-0.15, -0.1) is 0 Å². The smallest absolute Gasteiger partial charge is 0.169 e. The second kappa shape index (κ2) is 2.89. The lowest BCUT2D eigenvalue weighted by molar-refractivity contribution is 0.475. The Hall–Kier alpha value is -0.280. The molecule has 0 saturated heterocycles. The highest BCUT2D eigenvalue weighted by atomic mass is 79.9. The van der Waals surface area contributed by atoms with Gasteiger partial charge in [0.2, 0.25) is 0 Å². The van der Waals surface area contributed by atoms with Gasteiger partial charge in [0.15, 0.2) is 4.67 Å². The molecule has 12 heavy (non-hydrogen) atoms. The van der Waals surface area contributed by atoms with Crippen molar-refractivity contribution in [2.45, 2.75) is 25.3 Å². The maximum Gasteiger partial charge on any atom is 0.169 e. The van der Waals surface area contributed by atoms with Crippen LogP contribution in [-0.2, 0) is 0 Å². The largest absolute Gasteiger partial charge is 0.454 e. The van der Waals surface area contributed by atoms with Crippen molar-refractivity contribution in [2.75, 3.05) is 0 Å². The second-order valence-corrected chi connectivity index (χ2v) is 4.29. The van der Waals surface area contributed by atoms with Crippen molar-refractivity contribution in [3.8, 4) is 0 Å². The summed E-state index contributed by atoms with van der Waals surface area (Å²) in [6.45, 7) is 2.06. The number of nitrogens with two attached hydrogens (primary N) is 1. The molecule has 1 fully saturated rings. The summed E-state index contributed by atoms with van der Waals surface area (Å²) in [5, 5.41) is 0. The standard InChI is InChI=1S/C9H12BrNO/c1-5(11)6-4-7(6)8-2-3-9(10)12-8/h2-3,5-7H,4,11H2,1H3. The Balaban J connectivity index is 2.05. The zero-order valence-electron chi connectivity index (χ0n) is 6.96. The van der Waals surface area contributed by atoms with Gasteiger partial charge in [-0.2, -0.15) is 0 Å². The Morgan fingerprint density at radius 2 is 2.42 bits per heavy atom. The fourth-order valence-electron chi connectivity index (χ4n) is 1.65. The third-order valence-electron chi connectivity index (χ3n) is 2.47. The number of hydrogen-bond donors (Lipinski definition) is 1. The average Bonchev–Trinajstić information content (AvgIpc) is 2.70. The third kappa shape index (κ3) is 1.43. The highest BCUT2D eigenvalue weighted by molar-refractivity contribution is 9.10. The number of hydrogen-bond acceptors (Lipinski definition) is 2. The van der Waals surface area contributed by atoms with Crippen LogP contribution in [0.15, 0.2) is 21.2 Å². The molecule has 3 heteroatoms. The summed E-state index contributed by atoms with van der Waals surface area (Å²) in [7, 11) is 0. The SMILES string of the molecule is CC(N)C1CC1c1ccc(Br)o1. The average molecular weight is 230 g/mol. The molecule has 66 valence electrons. The molecule has 1 heterocycles. The molecular weight excluding hydrogens is 218 g/mol. The van der Waals surface area contributed by atoms with Gasteiger partial charge in [-0.1, -0.05) is 0 Å². The van der Waals surface area contributed by atoms with E-state index in [-0.39, 0.29) is 0 Å². The number of halogens is 1. The highest BCUT2D eigenvalue weighted by Crippen LogP contribution is 2.49. The Labute approximate surface area is 80.3 Å². The summed E-state index contributed by atoms with van der Waals surface area (Å²) >= 11 is 3.29. The van der Waals surface area contributed by atoms with E-state index in [1.165, 1.54) is 6.42 Å². The van der Waals surface area contributed by atoms with E-state index >= 15 is 0 Å². The van der Waals surface area contributed by atoms with E-state index in [9.17, 15) is 0 Å². The van der Waals surface area contributed by atoms with Crippen molar-refractivity contribution in [2.24, 2.45) is 11.7 Å². The van der Waals surface area contributed by atoms with Gasteiger partial charge >= 0.3 is 0 Å². The quantitative estimate of drug-likeness (QED) is 0.847. The molecule has 0 radical (unpaired) electrons. The van der Waals surface area contributed by atoms with Crippen LogP contribution in [0.25, 0.3) is 0 Å². The second-order valence-electron chi connectivity index (χ2n) is 3.51. The molecule has 1 aromatic rings. The van der Waals surface area contributed by atoms with Gasteiger partial charge in [-0.3, -0.25) is 0 Å². The first-order chi connectivity index (χ1) is 5.68. The van der Waals surface area contributed by atoms with Gasteiger partial charge in [0.25, 0.3) is 0 Å². The maximum absolute atomic E-state index is 5.78. The predicted octanol–water partition coefficient (Wildman–Crippen LogP) is 2.49. The molecule has 0 aliphatic heterocycles. The zero-order chi connectivity index (χ0) is 8.72. The summed E-state index contributed by atoms with van der Waals surface area (Å²) in [4.78, 5) is 0. The minimum absolute atomic E-state index is 0.291. The summed E-state index contributed by atoms with van der Waals surface area (Å²) in [5.74, 6) is 2.27. The number of rotatable bonds is 2. The molecule has 0 amide bonds. The van der Waals surface area contributed by atoms with Gasteiger partial charge < -0.3 is 10.2 Å². The molecule has 0 spiro atoms.